The Bertz CT molecular complexity index is 1670. The van der Waals surface area contributed by atoms with Gasteiger partial charge < -0.3 is 15.2 Å². The Morgan fingerprint density at radius 1 is 1.14 bits per heavy atom. The van der Waals surface area contributed by atoms with Gasteiger partial charge in [0.15, 0.2) is 11.5 Å². The molecule has 4 aromatic heterocycles. The molecule has 1 unspecified atom stereocenters. The molecule has 1 atom stereocenters. The SMILES string of the molecule is CN(C)C(=O)Nc1cncc(-c2cnc3n[nH]c(-c4nc5c([nH]4)C(c4ccccc4F)CC=C5)c3c2)c1. The Balaban J connectivity index is 1.38. The van der Waals surface area contributed by atoms with Gasteiger partial charge >= 0.3 is 6.03 Å². The van der Waals surface area contributed by atoms with Crippen molar-refractivity contribution in [3.8, 4) is 22.6 Å². The summed E-state index contributed by atoms with van der Waals surface area (Å²) in [4.78, 5) is 30.5. The van der Waals surface area contributed by atoms with Gasteiger partial charge in [0, 0.05) is 43.5 Å². The van der Waals surface area contributed by atoms with E-state index < -0.39 is 0 Å². The van der Waals surface area contributed by atoms with Crippen LogP contribution in [-0.4, -0.2) is 55.2 Å². The zero-order valence-corrected chi connectivity index (χ0v) is 20.2. The van der Waals surface area contributed by atoms with E-state index in [0.717, 1.165) is 27.9 Å². The number of carbonyl (C=O) groups excluding carboxylic acids is 1. The molecule has 0 saturated heterocycles. The molecule has 9 nitrogen and oxygen atoms in total. The van der Waals surface area contributed by atoms with E-state index in [4.69, 9.17) is 4.98 Å². The number of rotatable bonds is 4. The standard InChI is InChI=1S/C27H23FN8O/c1-36(2)27(37)31-17-10-15(12-29-14-17)16-11-20-24(34-35-25(20)30-13-16)26-32-22-9-5-7-19(23(22)33-26)18-6-3-4-8-21(18)28/h3-6,8-14,19H,7H2,1-2H3,(H,31,37)(H,32,33)(H,30,34,35). The lowest BCUT2D eigenvalue weighted by molar-refractivity contribution is 0.230. The van der Waals surface area contributed by atoms with Crippen LogP contribution in [0.5, 0.6) is 0 Å². The molecule has 184 valence electrons. The summed E-state index contributed by atoms with van der Waals surface area (Å²) in [6.07, 6.45) is 9.67. The van der Waals surface area contributed by atoms with E-state index in [9.17, 15) is 9.18 Å². The number of hydrogen-bond acceptors (Lipinski definition) is 5. The Labute approximate surface area is 211 Å². The van der Waals surface area contributed by atoms with Crippen molar-refractivity contribution in [3.05, 3.63) is 83.8 Å². The van der Waals surface area contributed by atoms with Crippen molar-refractivity contribution in [2.75, 3.05) is 19.4 Å². The molecule has 0 spiro atoms. The molecule has 1 aromatic carbocycles. The topological polar surface area (TPSA) is 115 Å². The number of carbonyl (C=O) groups is 1. The van der Waals surface area contributed by atoms with Gasteiger partial charge in [-0.15, -0.1) is 0 Å². The number of halogens is 1. The maximum absolute atomic E-state index is 14.6. The molecule has 1 aliphatic carbocycles. The number of H-pyrrole nitrogens is 2. The average Bonchev–Trinajstić information content (AvgIpc) is 3.53. The van der Waals surface area contributed by atoms with E-state index >= 15 is 0 Å². The second-order valence-electron chi connectivity index (χ2n) is 9.08. The summed E-state index contributed by atoms with van der Waals surface area (Å²) in [6, 6.07) is 10.4. The van der Waals surface area contributed by atoms with Crippen LogP contribution < -0.4 is 5.32 Å². The quantitative estimate of drug-likeness (QED) is 0.318. The zero-order chi connectivity index (χ0) is 25.5. The first-order chi connectivity index (χ1) is 18.0. The molecule has 0 radical (unpaired) electrons. The number of nitrogens with one attached hydrogen (secondary N) is 3. The van der Waals surface area contributed by atoms with Gasteiger partial charge in [0.1, 0.15) is 11.5 Å². The molecule has 3 N–H and O–H groups in total. The van der Waals surface area contributed by atoms with Crippen molar-refractivity contribution in [3.63, 3.8) is 0 Å². The van der Waals surface area contributed by atoms with Crippen LogP contribution in [0.1, 0.15) is 29.3 Å². The molecule has 5 aromatic rings. The van der Waals surface area contributed by atoms with E-state index in [0.29, 0.717) is 34.8 Å². The highest BCUT2D eigenvalue weighted by Crippen LogP contribution is 2.37. The van der Waals surface area contributed by atoms with Gasteiger partial charge in [-0.2, -0.15) is 5.10 Å². The zero-order valence-electron chi connectivity index (χ0n) is 20.2. The van der Waals surface area contributed by atoms with Crippen molar-refractivity contribution in [2.24, 2.45) is 0 Å². The number of amides is 2. The summed E-state index contributed by atoms with van der Waals surface area (Å²) in [7, 11) is 3.34. The summed E-state index contributed by atoms with van der Waals surface area (Å²) in [6.45, 7) is 0. The Hall–Kier alpha value is -4.86. The van der Waals surface area contributed by atoms with Crippen LogP contribution >= 0.6 is 0 Å². The van der Waals surface area contributed by atoms with Crippen molar-refractivity contribution in [1.82, 2.24) is 35.0 Å². The highest BCUT2D eigenvalue weighted by molar-refractivity contribution is 5.93. The van der Waals surface area contributed by atoms with Gasteiger partial charge in [-0.05, 0) is 36.3 Å². The molecule has 1 aliphatic rings. The number of imidazole rings is 1. The number of benzene rings is 1. The van der Waals surface area contributed by atoms with E-state index in [1.165, 1.54) is 11.0 Å². The number of nitrogens with zero attached hydrogens (tertiary/aromatic N) is 5. The number of anilines is 1. The molecule has 37 heavy (non-hydrogen) atoms. The third-order valence-corrected chi connectivity index (χ3v) is 6.41. The van der Waals surface area contributed by atoms with E-state index in [2.05, 4.69) is 30.5 Å². The second-order valence-corrected chi connectivity index (χ2v) is 9.08. The Morgan fingerprint density at radius 3 is 2.81 bits per heavy atom. The molecule has 10 heteroatoms. The summed E-state index contributed by atoms with van der Waals surface area (Å²) in [5.74, 6) is 0.212. The van der Waals surface area contributed by atoms with E-state index in [-0.39, 0.29) is 17.8 Å². The fraction of sp³-hybridized carbons (Fsp3) is 0.148. The third kappa shape index (κ3) is 4.12. The first kappa shape index (κ1) is 22.6. The third-order valence-electron chi connectivity index (χ3n) is 6.41. The maximum Gasteiger partial charge on any atom is 0.321 e. The Morgan fingerprint density at radius 2 is 1.97 bits per heavy atom. The van der Waals surface area contributed by atoms with Crippen molar-refractivity contribution >= 4 is 28.8 Å². The van der Waals surface area contributed by atoms with Gasteiger partial charge in [0.05, 0.1) is 28.7 Å². The van der Waals surface area contributed by atoms with Crippen LogP contribution in [0.25, 0.3) is 39.8 Å². The number of pyridine rings is 2. The lowest BCUT2D eigenvalue weighted by atomic mass is 9.88. The number of fused-ring (bicyclic) bond motifs is 2. The van der Waals surface area contributed by atoms with Crippen molar-refractivity contribution in [1.29, 1.82) is 0 Å². The summed E-state index contributed by atoms with van der Waals surface area (Å²) >= 11 is 0. The lowest BCUT2D eigenvalue weighted by Crippen LogP contribution is -2.27. The smallest absolute Gasteiger partial charge is 0.321 e. The predicted octanol–water partition coefficient (Wildman–Crippen LogP) is 5.19. The molecule has 0 bridgehead atoms. The van der Waals surface area contributed by atoms with Gasteiger partial charge in [0.25, 0.3) is 0 Å². The molecule has 2 amide bonds. The van der Waals surface area contributed by atoms with Gasteiger partial charge in [-0.3, -0.25) is 10.1 Å². The van der Waals surface area contributed by atoms with Crippen LogP contribution in [0, 0.1) is 5.82 Å². The minimum atomic E-state index is -0.242. The number of allylic oxidation sites excluding steroid dienone is 1. The Kier molecular flexibility index (Phi) is 5.48. The van der Waals surface area contributed by atoms with Gasteiger partial charge in [-0.25, -0.2) is 19.2 Å². The monoisotopic (exact) mass is 494 g/mol. The number of aromatic nitrogens is 6. The molecule has 6 rings (SSSR count). The van der Waals surface area contributed by atoms with Crippen molar-refractivity contribution in [2.45, 2.75) is 12.3 Å². The highest BCUT2D eigenvalue weighted by atomic mass is 19.1. The average molecular weight is 495 g/mol. The summed E-state index contributed by atoms with van der Waals surface area (Å²) in [5.41, 5.74) is 5.68. The van der Waals surface area contributed by atoms with E-state index in [1.807, 2.05) is 36.4 Å². The summed E-state index contributed by atoms with van der Waals surface area (Å²) < 4.78 is 14.6. The number of aromatic amines is 2. The molecule has 4 heterocycles. The summed E-state index contributed by atoms with van der Waals surface area (Å²) in [5, 5.41) is 11.0. The lowest BCUT2D eigenvalue weighted by Gasteiger charge is -2.18. The minimum absolute atomic E-state index is 0.156. The van der Waals surface area contributed by atoms with Crippen LogP contribution in [0.15, 0.2) is 61.1 Å². The molecule has 0 aliphatic heterocycles. The number of hydrogen-bond donors (Lipinski definition) is 3. The van der Waals surface area contributed by atoms with E-state index in [1.54, 1.807) is 38.8 Å². The minimum Gasteiger partial charge on any atom is -0.339 e. The predicted molar refractivity (Wildman–Crippen MR) is 139 cm³/mol. The first-order valence-corrected chi connectivity index (χ1v) is 11.8. The fourth-order valence-corrected chi connectivity index (χ4v) is 4.52. The second kappa shape index (κ2) is 8.98. The van der Waals surface area contributed by atoms with Gasteiger partial charge in [-0.1, -0.05) is 24.3 Å². The maximum atomic E-state index is 14.6. The van der Waals surface area contributed by atoms with Gasteiger partial charge in [0.2, 0.25) is 0 Å². The largest absolute Gasteiger partial charge is 0.339 e. The highest BCUT2D eigenvalue weighted by Gasteiger charge is 2.26. The molecule has 0 fully saturated rings. The van der Waals surface area contributed by atoms with Crippen molar-refractivity contribution < 1.29 is 9.18 Å². The molecular formula is C27H23FN8O. The number of urea groups is 1. The van der Waals surface area contributed by atoms with Crippen LogP contribution in [0.2, 0.25) is 0 Å². The van der Waals surface area contributed by atoms with Crippen LogP contribution in [-0.2, 0) is 0 Å². The molecular weight excluding hydrogens is 471 g/mol. The fourth-order valence-electron chi connectivity index (χ4n) is 4.52. The van der Waals surface area contributed by atoms with Crippen LogP contribution in [0.4, 0.5) is 14.9 Å². The first-order valence-electron chi connectivity index (χ1n) is 11.8. The molecule has 0 saturated carbocycles. The van der Waals surface area contributed by atoms with Crippen LogP contribution in [0.3, 0.4) is 0 Å². The normalized spacial score (nSPS) is 14.5.